The highest BCUT2D eigenvalue weighted by molar-refractivity contribution is 5.92. The molecule has 1 unspecified atom stereocenters. The van der Waals surface area contributed by atoms with Gasteiger partial charge in [-0.3, -0.25) is 14.6 Å². The average Bonchev–Trinajstić information content (AvgIpc) is 3.24. The van der Waals surface area contributed by atoms with Crippen LogP contribution < -0.4 is 5.32 Å². The summed E-state index contributed by atoms with van der Waals surface area (Å²) in [6, 6.07) is 12.6. The van der Waals surface area contributed by atoms with Gasteiger partial charge in [-0.15, -0.1) is 0 Å². The highest BCUT2D eigenvalue weighted by atomic mass is 19.1. The van der Waals surface area contributed by atoms with Crippen molar-refractivity contribution in [2.24, 2.45) is 5.92 Å². The summed E-state index contributed by atoms with van der Waals surface area (Å²) in [5.41, 5.74) is 1.71. The molecule has 0 saturated carbocycles. The first-order valence-electron chi connectivity index (χ1n) is 10.2. The number of aromatic nitrogens is 2. The molecule has 1 atom stereocenters. The molecule has 2 amide bonds. The lowest BCUT2D eigenvalue weighted by atomic mass is 9.94. The Hall–Kier alpha value is -3.55. The first-order chi connectivity index (χ1) is 15.0. The molecule has 8 heteroatoms. The van der Waals surface area contributed by atoms with Gasteiger partial charge in [-0.25, -0.2) is 4.39 Å². The number of rotatable bonds is 5. The largest absolute Gasteiger partial charge is 0.361 e. The fraction of sp³-hybridized carbons (Fsp3) is 0.304. The van der Waals surface area contributed by atoms with Gasteiger partial charge in [0.25, 0.3) is 5.91 Å². The van der Waals surface area contributed by atoms with E-state index >= 15 is 0 Å². The number of hydrogen-bond acceptors (Lipinski definition) is 5. The number of carbonyl (C=O) groups excluding carboxylic acids is 2. The van der Waals surface area contributed by atoms with Gasteiger partial charge in [-0.1, -0.05) is 23.4 Å². The lowest BCUT2D eigenvalue weighted by Gasteiger charge is -2.31. The van der Waals surface area contributed by atoms with Crippen LogP contribution in [0, 0.1) is 18.7 Å². The third kappa shape index (κ3) is 4.79. The second kappa shape index (κ2) is 9.07. The molecule has 1 saturated heterocycles. The topological polar surface area (TPSA) is 88.3 Å². The summed E-state index contributed by atoms with van der Waals surface area (Å²) in [4.78, 5) is 31.6. The monoisotopic (exact) mass is 422 g/mol. The predicted octanol–water partition coefficient (Wildman–Crippen LogP) is 3.28. The Morgan fingerprint density at radius 1 is 1.16 bits per heavy atom. The summed E-state index contributed by atoms with van der Waals surface area (Å²) >= 11 is 0. The van der Waals surface area contributed by atoms with Crippen molar-refractivity contribution < 1.29 is 18.5 Å². The van der Waals surface area contributed by atoms with Gasteiger partial charge in [-0.2, -0.15) is 0 Å². The Morgan fingerprint density at radius 2 is 1.90 bits per heavy atom. The normalized spacial score (nSPS) is 15.5. The third-order valence-electron chi connectivity index (χ3n) is 5.47. The summed E-state index contributed by atoms with van der Waals surface area (Å²) in [5, 5.41) is 6.84. The number of amides is 2. The van der Waals surface area contributed by atoms with Gasteiger partial charge in [0.05, 0.1) is 11.7 Å². The van der Waals surface area contributed by atoms with Crippen molar-refractivity contribution >= 4 is 11.8 Å². The third-order valence-corrected chi connectivity index (χ3v) is 5.47. The molecule has 3 heterocycles. The molecule has 1 aliphatic rings. The van der Waals surface area contributed by atoms with E-state index < -0.39 is 6.04 Å². The van der Waals surface area contributed by atoms with Crippen LogP contribution in [0.2, 0.25) is 0 Å². The van der Waals surface area contributed by atoms with E-state index in [1.54, 1.807) is 42.3 Å². The summed E-state index contributed by atoms with van der Waals surface area (Å²) in [5.74, 6) is -0.277. The van der Waals surface area contributed by atoms with E-state index in [1.165, 1.54) is 12.1 Å². The lowest BCUT2D eigenvalue weighted by molar-refractivity contribution is -0.126. The molecule has 160 valence electrons. The SMILES string of the molecule is Cc1cc(C(=O)N2CCC(C(=O)NC(c3ccc(F)cc3)c3ccccn3)CC2)no1. The molecule has 0 radical (unpaired) electrons. The molecule has 3 aromatic rings. The number of nitrogens with zero attached hydrogens (tertiary/aromatic N) is 3. The van der Waals surface area contributed by atoms with Crippen molar-refractivity contribution in [1.82, 2.24) is 20.4 Å². The van der Waals surface area contributed by atoms with Crippen LogP contribution in [-0.4, -0.2) is 39.9 Å². The molecule has 2 aromatic heterocycles. The van der Waals surface area contributed by atoms with Crippen molar-refractivity contribution in [1.29, 1.82) is 0 Å². The number of halogens is 1. The molecule has 0 aliphatic carbocycles. The van der Waals surface area contributed by atoms with E-state index in [0.717, 1.165) is 5.56 Å². The number of benzene rings is 1. The highest BCUT2D eigenvalue weighted by Gasteiger charge is 2.30. The number of nitrogens with one attached hydrogen (secondary N) is 1. The summed E-state index contributed by atoms with van der Waals surface area (Å²) in [6.07, 6.45) is 2.76. The average molecular weight is 422 g/mol. The number of likely N-dealkylation sites (tertiary alicyclic amines) is 1. The summed E-state index contributed by atoms with van der Waals surface area (Å²) < 4.78 is 18.4. The lowest BCUT2D eigenvalue weighted by Crippen LogP contribution is -2.44. The van der Waals surface area contributed by atoms with Gasteiger partial charge in [0.2, 0.25) is 5.91 Å². The van der Waals surface area contributed by atoms with Gasteiger partial charge in [-0.05, 0) is 49.6 Å². The van der Waals surface area contributed by atoms with E-state index in [-0.39, 0.29) is 29.2 Å². The highest BCUT2D eigenvalue weighted by Crippen LogP contribution is 2.24. The van der Waals surface area contributed by atoms with Crippen molar-refractivity contribution in [3.05, 3.63) is 83.3 Å². The Bertz CT molecular complexity index is 1040. The van der Waals surface area contributed by atoms with Crippen LogP contribution in [-0.2, 0) is 4.79 Å². The fourth-order valence-electron chi connectivity index (χ4n) is 3.76. The smallest absolute Gasteiger partial charge is 0.276 e. The minimum Gasteiger partial charge on any atom is -0.361 e. The second-order valence-electron chi connectivity index (χ2n) is 7.64. The molecule has 4 rings (SSSR count). The van der Waals surface area contributed by atoms with Gasteiger partial charge in [0.15, 0.2) is 5.69 Å². The van der Waals surface area contributed by atoms with Gasteiger partial charge in [0.1, 0.15) is 11.6 Å². The second-order valence-corrected chi connectivity index (χ2v) is 7.64. The quantitative estimate of drug-likeness (QED) is 0.682. The predicted molar refractivity (Wildman–Crippen MR) is 110 cm³/mol. The molecule has 1 aliphatic heterocycles. The van der Waals surface area contributed by atoms with E-state index in [9.17, 15) is 14.0 Å². The summed E-state index contributed by atoms with van der Waals surface area (Å²) in [7, 11) is 0. The maximum atomic E-state index is 13.4. The van der Waals surface area contributed by atoms with Gasteiger partial charge in [0, 0.05) is 31.3 Å². The van der Waals surface area contributed by atoms with Gasteiger partial charge < -0.3 is 14.7 Å². The van der Waals surface area contributed by atoms with E-state index in [2.05, 4.69) is 15.5 Å². The zero-order valence-corrected chi connectivity index (χ0v) is 17.1. The first kappa shape index (κ1) is 20.7. The van der Waals surface area contributed by atoms with Crippen LogP contribution in [0.1, 0.15) is 46.4 Å². The minimum absolute atomic E-state index is 0.107. The number of pyridine rings is 1. The van der Waals surface area contributed by atoms with E-state index in [1.807, 2.05) is 12.1 Å². The van der Waals surface area contributed by atoms with Crippen LogP contribution >= 0.6 is 0 Å². The molecule has 0 bridgehead atoms. The van der Waals surface area contributed by atoms with Crippen molar-refractivity contribution in [2.45, 2.75) is 25.8 Å². The maximum Gasteiger partial charge on any atom is 0.276 e. The van der Waals surface area contributed by atoms with Crippen LogP contribution in [0.15, 0.2) is 59.3 Å². The zero-order valence-electron chi connectivity index (χ0n) is 17.1. The number of carbonyl (C=O) groups is 2. The molecule has 31 heavy (non-hydrogen) atoms. The van der Waals surface area contributed by atoms with Crippen LogP contribution in [0.5, 0.6) is 0 Å². The molecular formula is C23H23FN4O3. The number of piperidine rings is 1. The van der Waals surface area contributed by atoms with E-state index in [0.29, 0.717) is 37.4 Å². The first-order valence-corrected chi connectivity index (χ1v) is 10.2. The van der Waals surface area contributed by atoms with Crippen LogP contribution in [0.4, 0.5) is 4.39 Å². The molecule has 1 aromatic carbocycles. The molecule has 0 spiro atoms. The molecule has 1 fully saturated rings. The Kier molecular flexibility index (Phi) is 6.06. The van der Waals surface area contributed by atoms with Gasteiger partial charge >= 0.3 is 0 Å². The van der Waals surface area contributed by atoms with Crippen molar-refractivity contribution in [3.8, 4) is 0 Å². The maximum absolute atomic E-state index is 13.4. The number of aryl methyl sites for hydroxylation is 1. The number of hydrogen-bond donors (Lipinski definition) is 1. The van der Waals surface area contributed by atoms with Crippen LogP contribution in [0.25, 0.3) is 0 Å². The zero-order chi connectivity index (χ0) is 21.8. The summed E-state index contributed by atoms with van der Waals surface area (Å²) in [6.45, 7) is 2.67. The van der Waals surface area contributed by atoms with Crippen molar-refractivity contribution in [2.75, 3.05) is 13.1 Å². The Balaban J connectivity index is 1.42. The van der Waals surface area contributed by atoms with Crippen molar-refractivity contribution in [3.63, 3.8) is 0 Å². The molecule has 1 N–H and O–H groups in total. The fourth-order valence-corrected chi connectivity index (χ4v) is 3.76. The molecule has 7 nitrogen and oxygen atoms in total. The Labute approximate surface area is 179 Å². The minimum atomic E-state index is -0.480. The van der Waals surface area contributed by atoms with Crippen LogP contribution in [0.3, 0.4) is 0 Å². The molecular weight excluding hydrogens is 399 g/mol. The standard InChI is InChI=1S/C23H23FN4O3/c1-15-14-20(27-31-15)23(30)28-12-9-17(10-13-28)22(29)26-21(19-4-2-3-11-25-19)16-5-7-18(24)8-6-16/h2-8,11,14,17,21H,9-10,12-13H2,1H3,(H,26,29). The van der Waals surface area contributed by atoms with E-state index in [4.69, 9.17) is 4.52 Å². The Morgan fingerprint density at radius 3 is 2.52 bits per heavy atom.